The van der Waals surface area contributed by atoms with Gasteiger partial charge in [0.25, 0.3) is 0 Å². The molecular weight excluding hydrogens is 534 g/mol. The van der Waals surface area contributed by atoms with Crippen molar-refractivity contribution in [2.75, 3.05) is 32.8 Å². The van der Waals surface area contributed by atoms with Gasteiger partial charge in [0.15, 0.2) is 0 Å². The molecule has 1 fully saturated rings. The van der Waals surface area contributed by atoms with E-state index in [1.165, 1.54) is 11.1 Å². The largest absolute Gasteiger partial charge is 0.462 e. The lowest BCUT2D eigenvalue weighted by molar-refractivity contribution is -0.140. The van der Waals surface area contributed by atoms with Crippen LogP contribution in [0.25, 0.3) is 0 Å². The number of carbonyl (C=O) groups is 2. The second kappa shape index (κ2) is 13.3. The minimum Gasteiger partial charge on any atom is -0.462 e. The maximum atomic E-state index is 13.9. The number of rotatable bonds is 8. The van der Waals surface area contributed by atoms with Crippen molar-refractivity contribution in [1.29, 1.82) is 0 Å². The molecule has 1 saturated heterocycles. The van der Waals surface area contributed by atoms with E-state index in [4.69, 9.17) is 21.3 Å². The van der Waals surface area contributed by atoms with Gasteiger partial charge in [0.05, 0.1) is 18.1 Å². The zero-order valence-electron chi connectivity index (χ0n) is 23.6. The summed E-state index contributed by atoms with van der Waals surface area (Å²) < 4.78 is 5.98. The summed E-state index contributed by atoms with van der Waals surface area (Å²) in [5, 5.41) is 3.85. The maximum Gasteiger partial charge on any atom is 0.336 e. The lowest BCUT2D eigenvalue weighted by Crippen LogP contribution is -2.51. The number of piperazine rings is 1. The molecule has 3 aromatic rings. The van der Waals surface area contributed by atoms with E-state index in [0.29, 0.717) is 41.5 Å². The van der Waals surface area contributed by atoms with Gasteiger partial charge in [-0.15, -0.1) is 0 Å². The maximum absolute atomic E-state index is 13.9. The highest BCUT2D eigenvalue weighted by molar-refractivity contribution is 6.30. The predicted octanol–water partition coefficient (Wildman–Crippen LogP) is 5.99. The Balaban J connectivity index is 1.42. The molecule has 0 bridgehead atoms. The van der Waals surface area contributed by atoms with E-state index in [0.717, 1.165) is 18.7 Å². The van der Waals surface area contributed by atoms with E-state index in [1.807, 2.05) is 73.3 Å². The van der Waals surface area contributed by atoms with Gasteiger partial charge < -0.3 is 15.0 Å². The number of ether oxygens (including phenoxy) is 1. The fourth-order valence-electron chi connectivity index (χ4n) is 6.01. The first-order chi connectivity index (χ1) is 19.9. The lowest BCUT2D eigenvalue weighted by atomic mass is 9.75. The molecule has 3 aromatic carbocycles. The standard InChI is InChI=1S/C34H36ClN3O3/c1-23-30(33(39)38-19-17-36-18-20-38)32(27-14-9-15-28(35)22-27)31(24(2)37-23)34(40)41-21-16-29(25-10-5-3-6-11-25)26-12-7-4-8-13-26/h3-15,22,29-30,32,36H,16-21H2,1-2H3. The average Bonchev–Trinajstić information content (AvgIpc) is 3.00. The fourth-order valence-corrected chi connectivity index (χ4v) is 6.21. The van der Waals surface area contributed by atoms with Gasteiger partial charge in [-0.2, -0.15) is 0 Å². The second-order valence-corrected chi connectivity index (χ2v) is 11.1. The smallest absolute Gasteiger partial charge is 0.336 e. The van der Waals surface area contributed by atoms with Crippen molar-refractivity contribution < 1.29 is 14.3 Å². The quantitative estimate of drug-likeness (QED) is 0.339. The molecule has 212 valence electrons. The third-order valence-corrected chi connectivity index (χ3v) is 8.23. The van der Waals surface area contributed by atoms with Crippen molar-refractivity contribution in [2.24, 2.45) is 10.9 Å². The number of nitrogens with zero attached hydrogens (tertiary/aromatic N) is 2. The second-order valence-electron chi connectivity index (χ2n) is 10.6. The zero-order chi connectivity index (χ0) is 28.8. The number of hydrogen-bond donors (Lipinski definition) is 1. The molecule has 2 unspecified atom stereocenters. The minimum atomic E-state index is -0.612. The number of nitrogens with one attached hydrogen (secondary N) is 1. The van der Waals surface area contributed by atoms with E-state index >= 15 is 0 Å². The van der Waals surface area contributed by atoms with Gasteiger partial charge in [-0.1, -0.05) is 84.4 Å². The predicted molar refractivity (Wildman–Crippen MR) is 163 cm³/mol. The first kappa shape index (κ1) is 28.8. The molecule has 41 heavy (non-hydrogen) atoms. The van der Waals surface area contributed by atoms with Crippen molar-refractivity contribution >= 4 is 29.2 Å². The highest BCUT2D eigenvalue weighted by Crippen LogP contribution is 2.41. The number of aliphatic imine (C=N–C) groups is 1. The Hall–Kier alpha value is -3.74. The highest BCUT2D eigenvalue weighted by Gasteiger charge is 2.43. The SMILES string of the molecule is CC1=NC(C)=C(C(=O)OCCC(c2ccccc2)c2ccccc2)C(c2cccc(Cl)c2)C1C(=O)N1CCNCC1. The molecule has 7 heteroatoms. The van der Waals surface area contributed by atoms with Crippen LogP contribution in [0.3, 0.4) is 0 Å². The summed E-state index contributed by atoms with van der Waals surface area (Å²) >= 11 is 6.41. The molecular formula is C34H36ClN3O3. The zero-order valence-corrected chi connectivity index (χ0v) is 24.3. The van der Waals surface area contributed by atoms with Crippen LogP contribution >= 0.6 is 11.6 Å². The van der Waals surface area contributed by atoms with E-state index in [1.54, 1.807) is 6.07 Å². The normalized spacial score (nSPS) is 19.2. The van der Waals surface area contributed by atoms with Crippen LogP contribution in [0.15, 0.2) is 101 Å². The minimum absolute atomic E-state index is 0.0243. The van der Waals surface area contributed by atoms with Gasteiger partial charge in [0, 0.05) is 54.4 Å². The van der Waals surface area contributed by atoms with E-state index in [9.17, 15) is 9.59 Å². The van der Waals surface area contributed by atoms with Crippen LogP contribution < -0.4 is 5.32 Å². The molecule has 1 amide bonds. The van der Waals surface area contributed by atoms with Crippen molar-refractivity contribution in [2.45, 2.75) is 32.1 Å². The number of amides is 1. The first-order valence-electron chi connectivity index (χ1n) is 14.2. The summed E-state index contributed by atoms with van der Waals surface area (Å²) in [5.74, 6) is -1.54. The summed E-state index contributed by atoms with van der Waals surface area (Å²) in [7, 11) is 0. The topological polar surface area (TPSA) is 71.0 Å². The van der Waals surface area contributed by atoms with Gasteiger partial charge in [-0.05, 0) is 49.1 Å². The van der Waals surface area contributed by atoms with Gasteiger partial charge in [-0.3, -0.25) is 9.79 Å². The van der Waals surface area contributed by atoms with Gasteiger partial charge >= 0.3 is 5.97 Å². The molecule has 0 saturated carbocycles. The number of allylic oxidation sites excluding steroid dienone is 1. The molecule has 2 atom stereocenters. The summed E-state index contributed by atoms with van der Waals surface area (Å²) in [6.45, 7) is 6.64. The summed E-state index contributed by atoms with van der Waals surface area (Å²) in [5.41, 5.74) is 4.83. The third kappa shape index (κ3) is 6.61. The number of carbonyl (C=O) groups excluding carboxylic acids is 2. The molecule has 0 aromatic heterocycles. The molecule has 2 aliphatic rings. The Morgan fingerprint density at radius 3 is 2.20 bits per heavy atom. The number of esters is 1. The number of benzene rings is 3. The van der Waals surface area contributed by atoms with Crippen LogP contribution in [0.2, 0.25) is 5.02 Å². The van der Waals surface area contributed by atoms with Gasteiger partial charge in [0.1, 0.15) is 0 Å². The Morgan fingerprint density at radius 1 is 0.951 bits per heavy atom. The van der Waals surface area contributed by atoms with Crippen LogP contribution in [0.4, 0.5) is 0 Å². The molecule has 0 aliphatic carbocycles. The number of hydrogen-bond acceptors (Lipinski definition) is 5. The van der Waals surface area contributed by atoms with Crippen LogP contribution in [-0.2, 0) is 14.3 Å². The molecule has 6 nitrogen and oxygen atoms in total. The van der Waals surface area contributed by atoms with Crippen LogP contribution in [0.1, 0.15) is 48.8 Å². The fraction of sp³-hybridized carbons (Fsp3) is 0.324. The van der Waals surface area contributed by atoms with Crippen molar-refractivity contribution in [1.82, 2.24) is 10.2 Å². The molecule has 5 rings (SSSR count). The van der Waals surface area contributed by atoms with Crippen LogP contribution in [0, 0.1) is 5.92 Å². The Labute approximate surface area is 247 Å². The van der Waals surface area contributed by atoms with E-state index in [2.05, 4.69) is 29.6 Å². The first-order valence-corrected chi connectivity index (χ1v) is 14.6. The Kier molecular flexibility index (Phi) is 9.32. The van der Waals surface area contributed by atoms with E-state index in [-0.39, 0.29) is 18.4 Å². The molecule has 2 aliphatic heterocycles. The Morgan fingerprint density at radius 2 is 1.59 bits per heavy atom. The molecule has 1 N–H and O–H groups in total. The van der Waals surface area contributed by atoms with Crippen LogP contribution in [-0.4, -0.2) is 55.3 Å². The van der Waals surface area contributed by atoms with Crippen LogP contribution in [0.5, 0.6) is 0 Å². The Bertz CT molecular complexity index is 1390. The van der Waals surface area contributed by atoms with Crippen molar-refractivity contribution in [3.05, 3.63) is 118 Å². The molecule has 2 heterocycles. The van der Waals surface area contributed by atoms with Crippen molar-refractivity contribution in [3.8, 4) is 0 Å². The molecule has 0 radical (unpaired) electrons. The van der Waals surface area contributed by atoms with Gasteiger partial charge in [-0.25, -0.2) is 4.79 Å². The molecule has 0 spiro atoms. The van der Waals surface area contributed by atoms with Crippen molar-refractivity contribution in [3.63, 3.8) is 0 Å². The summed E-state index contributed by atoms with van der Waals surface area (Å²) in [6.07, 6.45) is 0.624. The highest BCUT2D eigenvalue weighted by atomic mass is 35.5. The average molecular weight is 570 g/mol. The summed E-state index contributed by atoms with van der Waals surface area (Å²) in [4.78, 5) is 34.4. The summed E-state index contributed by atoms with van der Waals surface area (Å²) in [6, 6.07) is 27.9. The number of halogens is 1. The monoisotopic (exact) mass is 569 g/mol. The van der Waals surface area contributed by atoms with Gasteiger partial charge in [0.2, 0.25) is 5.91 Å². The third-order valence-electron chi connectivity index (χ3n) is 7.99. The van der Waals surface area contributed by atoms with E-state index < -0.39 is 17.8 Å². The lowest BCUT2D eigenvalue weighted by Gasteiger charge is -2.37.